The third-order valence-corrected chi connectivity index (χ3v) is 5.61. The van der Waals surface area contributed by atoms with E-state index in [0.29, 0.717) is 36.8 Å². The van der Waals surface area contributed by atoms with E-state index in [9.17, 15) is 13.2 Å². The van der Waals surface area contributed by atoms with Crippen molar-refractivity contribution in [1.29, 1.82) is 0 Å². The fourth-order valence-corrected chi connectivity index (χ4v) is 3.84. The summed E-state index contributed by atoms with van der Waals surface area (Å²) in [5.41, 5.74) is 0.517. The molecule has 1 aromatic rings. The van der Waals surface area contributed by atoms with Crippen molar-refractivity contribution in [3.8, 4) is 0 Å². The molecule has 1 aliphatic heterocycles. The van der Waals surface area contributed by atoms with Crippen LogP contribution in [0, 0.1) is 0 Å². The van der Waals surface area contributed by atoms with E-state index < -0.39 is 10.0 Å². The Kier molecular flexibility index (Phi) is 5.80. The molecule has 1 fully saturated rings. The summed E-state index contributed by atoms with van der Waals surface area (Å²) in [4.78, 5) is 14.0. The highest BCUT2D eigenvalue weighted by atomic mass is 35.5. The van der Waals surface area contributed by atoms with Crippen LogP contribution in [0.3, 0.4) is 0 Å². The number of methoxy groups -OCH3 is 1. The van der Waals surface area contributed by atoms with Gasteiger partial charge >= 0.3 is 0 Å². The van der Waals surface area contributed by atoms with E-state index in [1.807, 2.05) is 0 Å². The molecule has 1 saturated heterocycles. The second kappa shape index (κ2) is 7.41. The molecule has 122 valence electrons. The summed E-state index contributed by atoms with van der Waals surface area (Å²) in [7, 11) is -1.85. The van der Waals surface area contributed by atoms with E-state index in [1.165, 1.54) is 11.4 Å². The molecule has 0 radical (unpaired) electrons. The van der Waals surface area contributed by atoms with Crippen LogP contribution in [0.25, 0.3) is 0 Å². The summed E-state index contributed by atoms with van der Waals surface area (Å²) in [6.45, 7) is 1.52. The highest BCUT2D eigenvalue weighted by molar-refractivity contribution is 7.89. The number of benzene rings is 1. The summed E-state index contributed by atoms with van der Waals surface area (Å²) < 4.78 is 30.3. The van der Waals surface area contributed by atoms with Gasteiger partial charge in [-0.05, 0) is 18.2 Å². The van der Waals surface area contributed by atoms with Gasteiger partial charge in [0.05, 0.1) is 12.4 Å². The molecule has 0 aromatic heterocycles. The molecule has 0 bridgehead atoms. The topological polar surface area (TPSA) is 66.9 Å². The predicted molar refractivity (Wildman–Crippen MR) is 84.6 cm³/mol. The maximum absolute atomic E-state index is 12.4. The fourth-order valence-electron chi connectivity index (χ4n) is 2.29. The van der Waals surface area contributed by atoms with E-state index in [1.54, 1.807) is 29.2 Å². The Morgan fingerprint density at radius 2 is 1.95 bits per heavy atom. The van der Waals surface area contributed by atoms with Crippen molar-refractivity contribution in [2.45, 2.75) is 0 Å². The normalized spacial score (nSPS) is 16.7. The molecule has 0 atom stereocenters. The Bertz CT molecular complexity index is 627. The van der Waals surface area contributed by atoms with Crippen LogP contribution in [0.2, 0.25) is 5.02 Å². The summed E-state index contributed by atoms with van der Waals surface area (Å²) in [6, 6.07) is 6.75. The van der Waals surface area contributed by atoms with Gasteiger partial charge in [0.25, 0.3) is 5.91 Å². The Labute approximate surface area is 135 Å². The van der Waals surface area contributed by atoms with Crippen molar-refractivity contribution in [3.05, 3.63) is 34.9 Å². The number of rotatable bonds is 5. The van der Waals surface area contributed by atoms with E-state index in [4.69, 9.17) is 16.3 Å². The largest absolute Gasteiger partial charge is 0.384 e. The molecule has 0 aliphatic carbocycles. The summed E-state index contributed by atoms with van der Waals surface area (Å²) in [5, 5.41) is 0.506. The number of halogens is 1. The third-order valence-electron chi connectivity index (χ3n) is 3.54. The molecular weight excluding hydrogens is 328 g/mol. The smallest absolute Gasteiger partial charge is 0.253 e. The zero-order valence-electron chi connectivity index (χ0n) is 12.4. The molecule has 0 N–H and O–H groups in total. The number of nitrogens with zero attached hydrogens (tertiary/aromatic N) is 2. The minimum Gasteiger partial charge on any atom is -0.384 e. The second-order valence-corrected chi connectivity index (χ2v) is 7.54. The second-order valence-electron chi connectivity index (χ2n) is 5.01. The fraction of sp³-hybridized carbons (Fsp3) is 0.500. The van der Waals surface area contributed by atoms with Crippen LogP contribution in [0.4, 0.5) is 0 Å². The van der Waals surface area contributed by atoms with E-state index >= 15 is 0 Å². The number of ether oxygens (including phenoxy) is 1. The van der Waals surface area contributed by atoms with Crippen molar-refractivity contribution in [3.63, 3.8) is 0 Å². The van der Waals surface area contributed by atoms with Crippen LogP contribution in [0.5, 0.6) is 0 Å². The van der Waals surface area contributed by atoms with Crippen molar-refractivity contribution < 1.29 is 17.9 Å². The van der Waals surface area contributed by atoms with Gasteiger partial charge in [0.1, 0.15) is 0 Å². The number of piperazine rings is 1. The predicted octanol–water partition coefficient (Wildman–Crippen LogP) is 1.07. The summed E-state index contributed by atoms with van der Waals surface area (Å²) in [5.74, 6) is -0.164. The molecule has 0 saturated carbocycles. The van der Waals surface area contributed by atoms with Crippen molar-refractivity contribution in [2.75, 3.05) is 45.6 Å². The molecule has 8 heteroatoms. The van der Waals surface area contributed by atoms with E-state index in [0.717, 1.165) is 0 Å². The lowest BCUT2D eigenvalue weighted by molar-refractivity contribution is 0.0697. The van der Waals surface area contributed by atoms with Crippen LogP contribution in [-0.2, 0) is 14.8 Å². The number of carbonyl (C=O) groups excluding carboxylic acids is 1. The molecule has 2 rings (SSSR count). The van der Waals surface area contributed by atoms with Gasteiger partial charge in [-0.3, -0.25) is 4.79 Å². The number of sulfonamides is 1. The molecule has 0 unspecified atom stereocenters. The maximum atomic E-state index is 12.4. The highest BCUT2D eigenvalue weighted by Crippen LogP contribution is 2.15. The Hall–Kier alpha value is -1.15. The molecule has 1 aromatic carbocycles. The summed E-state index contributed by atoms with van der Waals surface area (Å²) in [6.07, 6.45) is 0. The van der Waals surface area contributed by atoms with E-state index in [2.05, 4.69) is 0 Å². The van der Waals surface area contributed by atoms with Crippen molar-refractivity contribution in [1.82, 2.24) is 9.21 Å². The average Bonchev–Trinajstić information content (AvgIpc) is 2.52. The molecule has 1 heterocycles. The van der Waals surface area contributed by atoms with Gasteiger partial charge in [-0.1, -0.05) is 17.7 Å². The lowest BCUT2D eigenvalue weighted by Crippen LogP contribution is -2.51. The Morgan fingerprint density at radius 3 is 2.55 bits per heavy atom. The van der Waals surface area contributed by atoms with Crippen LogP contribution in [-0.4, -0.2) is 69.2 Å². The number of amides is 1. The van der Waals surface area contributed by atoms with Crippen LogP contribution in [0.15, 0.2) is 24.3 Å². The van der Waals surface area contributed by atoms with E-state index in [-0.39, 0.29) is 18.3 Å². The lowest BCUT2D eigenvalue weighted by Gasteiger charge is -2.34. The molecular formula is C14H19ClN2O4S. The average molecular weight is 347 g/mol. The first-order valence-corrected chi connectivity index (χ1v) is 8.94. The third kappa shape index (κ3) is 4.19. The SMILES string of the molecule is COCCS(=O)(=O)N1CCN(C(=O)c2cccc(Cl)c2)CC1. The highest BCUT2D eigenvalue weighted by Gasteiger charge is 2.28. The van der Waals surface area contributed by atoms with Gasteiger partial charge in [-0.2, -0.15) is 4.31 Å². The molecule has 22 heavy (non-hydrogen) atoms. The zero-order chi connectivity index (χ0) is 16.2. The maximum Gasteiger partial charge on any atom is 0.253 e. The van der Waals surface area contributed by atoms with Gasteiger partial charge in [0.2, 0.25) is 10.0 Å². The van der Waals surface area contributed by atoms with Crippen molar-refractivity contribution >= 4 is 27.5 Å². The van der Waals surface area contributed by atoms with Crippen LogP contribution >= 0.6 is 11.6 Å². The summed E-state index contributed by atoms with van der Waals surface area (Å²) >= 11 is 5.89. The zero-order valence-corrected chi connectivity index (χ0v) is 13.9. The number of hydrogen-bond donors (Lipinski definition) is 0. The quantitative estimate of drug-likeness (QED) is 0.800. The lowest BCUT2D eigenvalue weighted by atomic mass is 10.2. The number of hydrogen-bond acceptors (Lipinski definition) is 4. The standard InChI is InChI=1S/C14H19ClN2O4S/c1-21-9-10-22(19,20)17-7-5-16(6-8-17)14(18)12-3-2-4-13(15)11-12/h2-4,11H,5-10H2,1H3. The first-order chi connectivity index (χ1) is 10.4. The van der Waals surface area contributed by atoms with Gasteiger partial charge in [-0.25, -0.2) is 8.42 Å². The van der Waals surface area contributed by atoms with Gasteiger partial charge in [0, 0.05) is 43.9 Å². The van der Waals surface area contributed by atoms with Crippen LogP contribution < -0.4 is 0 Å². The molecule has 6 nitrogen and oxygen atoms in total. The van der Waals surface area contributed by atoms with Crippen molar-refractivity contribution in [2.24, 2.45) is 0 Å². The first-order valence-electron chi connectivity index (χ1n) is 6.95. The van der Waals surface area contributed by atoms with Gasteiger partial charge in [0.15, 0.2) is 0 Å². The molecule has 0 spiro atoms. The molecule has 1 aliphatic rings. The minimum absolute atomic E-state index is 0.0360. The molecule has 1 amide bonds. The first kappa shape index (κ1) is 17.2. The Balaban J connectivity index is 1.96. The van der Waals surface area contributed by atoms with Gasteiger partial charge < -0.3 is 9.64 Å². The van der Waals surface area contributed by atoms with Gasteiger partial charge in [-0.15, -0.1) is 0 Å². The monoisotopic (exact) mass is 346 g/mol. The van der Waals surface area contributed by atoms with Crippen LogP contribution in [0.1, 0.15) is 10.4 Å². The Morgan fingerprint density at radius 1 is 1.27 bits per heavy atom. The minimum atomic E-state index is -3.32. The number of carbonyl (C=O) groups is 1.